The second-order valence-electron chi connectivity index (χ2n) is 11.2. The molecule has 0 spiro atoms. The molecular formula is C23H43Cl2NO2SiTi-2. The minimum absolute atomic E-state index is 0. The summed E-state index contributed by atoms with van der Waals surface area (Å²) in [5.74, 6) is 3.30. The summed E-state index contributed by atoms with van der Waals surface area (Å²) in [6, 6.07) is 0. The Bertz CT molecular complexity index is 548. The molecule has 0 aromatic carbocycles. The van der Waals surface area contributed by atoms with Crippen LogP contribution in [-0.2, 0) is 26.5 Å². The van der Waals surface area contributed by atoms with Gasteiger partial charge in [0.15, 0.2) is 0 Å². The van der Waals surface area contributed by atoms with Gasteiger partial charge in [0, 0.05) is 7.11 Å². The zero-order chi connectivity index (χ0) is 21.4. The quantitative estimate of drug-likeness (QED) is 0.289. The molecule has 176 valence electrons. The summed E-state index contributed by atoms with van der Waals surface area (Å²) in [4.78, 5) is 5.46. The maximum absolute atomic E-state index is 6.91. The van der Waals surface area contributed by atoms with Gasteiger partial charge >= 0.3 is 35.6 Å². The van der Waals surface area contributed by atoms with Crippen molar-refractivity contribution < 1.29 is 26.5 Å². The number of fused-ring (bicyclic) bond motifs is 5. The summed E-state index contributed by atoms with van der Waals surface area (Å²) in [7, 11) is 9.96. The molecular weight excluding hydrogens is 469 g/mol. The van der Waals surface area contributed by atoms with E-state index >= 15 is 0 Å². The zero-order valence-corrected chi connectivity index (χ0v) is 24.2. The van der Waals surface area contributed by atoms with Gasteiger partial charge in [-0.2, -0.15) is 0 Å². The average molecular weight is 512 g/mol. The molecule has 0 aromatic rings. The molecule has 3 saturated carbocycles. The Balaban J connectivity index is 0.000000757. The first kappa shape index (κ1) is 27.6. The van der Waals surface area contributed by atoms with Crippen molar-refractivity contribution >= 4 is 26.8 Å². The number of hydrogen-bond acceptors (Lipinski definition) is 2. The first-order valence-corrected chi connectivity index (χ1v) is 18.8. The van der Waals surface area contributed by atoms with E-state index in [1.54, 1.807) is 0 Å². The van der Waals surface area contributed by atoms with Crippen LogP contribution in [0, 0.1) is 31.1 Å². The average Bonchev–Trinajstić information content (AvgIpc) is 3.13. The van der Waals surface area contributed by atoms with Gasteiger partial charge in [0.05, 0.1) is 18.3 Å². The van der Waals surface area contributed by atoms with Crippen molar-refractivity contribution in [3.63, 3.8) is 0 Å². The van der Waals surface area contributed by atoms with E-state index in [-0.39, 0.29) is 13.0 Å². The summed E-state index contributed by atoms with van der Waals surface area (Å²) in [6.45, 7) is 11.9. The molecule has 4 aliphatic rings. The van der Waals surface area contributed by atoms with E-state index < -0.39 is 25.3 Å². The number of methoxy groups -OCH3 is 1. The second-order valence-corrected chi connectivity index (χ2v) is 18.0. The Kier molecular flexibility index (Phi) is 10.3. The van der Waals surface area contributed by atoms with Crippen LogP contribution in [0.15, 0.2) is 0 Å². The van der Waals surface area contributed by atoms with E-state index in [1.807, 2.05) is 7.11 Å². The molecule has 0 radical (unpaired) electrons. The van der Waals surface area contributed by atoms with Crippen LogP contribution in [0.3, 0.4) is 0 Å². The molecule has 7 heteroatoms. The van der Waals surface area contributed by atoms with Crippen molar-refractivity contribution in [1.29, 1.82) is 0 Å². The molecule has 4 rings (SSSR count). The molecule has 8 unspecified atom stereocenters. The molecule has 4 fully saturated rings. The van der Waals surface area contributed by atoms with Crippen LogP contribution in [-0.4, -0.2) is 39.2 Å². The van der Waals surface area contributed by atoms with Gasteiger partial charge in [-0.3, -0.25) is 0 Å². The molecule has 8 atom stereocenters. The minimum atomic E-state index is -1.72. The van der Waals surface area contributed by atoms with Gasteiger partial charge < -0.3 is 21.9 Å². The summed E-state index contributed by atoms with van der Waals surface area (Å²) in [5, 5.41) is 0. The summed E-state index contributed by atoms with van der Waals surface area (Å²) in [5.41, 5.74) is 0.799. The molecule has 1 aliphatic heterocycles. The van der Waals surface area contributed by atoms with Crippen LogP contribution in [0.25, 0.3) is 4.98 Å². The van der Waals surface area contributed by atoms with Crippen molar-refractivity contribution in [3.05, 3.63) is 12.4 Å². The van der Waals surface area contributed by atoms with Crippen LogP contribution in [0.4, 0.5) is 0 Å². The van der Waals surface area contributed by atoms with Crippen LogP contribution >= 0.6 is 18.6 Å². The third kappa shape index (κ3) is 5.90. The van der Waals surface area contributed by atoms with Gasteiger partial charge in [-0.15, -0.1) is 5.54 Å². The van der Waals surface area contributed by atoms with E-state index in [0.717, 1.165) is 29.2 Å². The van der Waals surface area contributed by atoms with Crippen molar-refractivity contribution in [2.45, 2.75) is 108 Å². The maximum atomic E-state index is 6.91. The van der Waals surface area contributed by atoms with E-state index in [0.29, 0.717) is 18.3 Å². The standard InChI is InChI=1S/C22H40NO2Si.CH3.2ClH.Ti/c1-22(2,3)23-26(5,6)21-16-10-8-7-9-15(16)19-17-13-14(24-4)11-12-18(17)25-20(19)21;;;;/h14-21H,7-13H2,1-6H3;1H3;2*1H;/q2*-1;;;+2/p-2. The summed E-state index contributed by atoms with van der Waals surface area (Å²) in [6.07, 6.45) is 10.8. The fourth-order valence-corrected chi connectivity index (χ4v) is 12.0. The molecule has 3 nitrogen and oxygen atoms in total. The Hall–Kier alpha value is 1.39. The Labute approximate surface area is 203 Å². The van der Waals surface area contributed by atoms with Crippen LogP contribution in [0.2, 0.25) is 18.6 Å². The van der Waals surface area contributed by atoms with Gasteiger partial charge in [-0.05, 0) is 54.9 Å². The normalized spacial score (nSPS) is 40.3. The Morgan fingerprint density at radius 1 is 1.00 bits per heavy atom. The monoisotopic (exact) mass is 511 g/mol. The van der Waals surface area contributed by atoms with E-state index in [9.17, 15) is 0 Å². The van der Waals surface area contributed by atoms with Crippen LogP contribution in [0.5, 0.6) is 0 Å². The fraction of sp³-hybridized carbons (Fsp3) is 0.957. The van der Waals surface area contributed by atoms with Gasteiger partial charge in [0.2, 0.25) is 0 Å². The first-order chi connectivity index (χ1) is 13.6. The van der Waals surface area contributed by atoms with Crippen LogP contribution in [0.1, 0.15) is 65.7 Å². The summed E-state index contributed by atoms with van der Waals surface area (Å²) >= 11 is -0.556. The van der Waals surface area contributed by atoms with Crippen molar-refractivity contribution in [2.24, 2.45) is 23.7 Å². The SMILES string of the molecule is COC1CCC2OC3C(C2C1)C1CCCCC1C3[Si](C)(C)[N-]C(C)(C)C.[CH3-].[Cl][Ti][Cl]. The zero-order valence-electron chi connectivity index (χ0n) is 20.1. The van der Waals surface area contributed by atoms with Crippen LogP contribution < -0.4 is 0 Å². The van der Waals surface area contributed by atoms with Crippen molar-refractivity contribution in [1.82, 2.24) is 0 Å². The first-order valence-electron chi connectivity index (χ1n) is 11.5. The molecule has 0 aromatic heterocycles. The number of nitrogens with zero attached hydrogens (tertiary/aromatic N) is 1. The predicted molar refractivity (Wildman–Crippen MR) is 128 cm³/mol. The second kappa shape index (κ2) is 11.2. The number of halogens is 2. The van der Waals surface area contributed by atoms with Gasteiger partial charge in [0.1, 0.15) is 0 Å². The fourth-order valence-electron chi connectivity index (χ4n) is 7.57. The third-order valence-corrected chi connectivity index (χ3v) is 11.6. The topological polar surface area (TPSA) is 32.6 Å². The van der Waals surface area contributed by atoms with Gasteiger partial charge in [-0.25, -0.2) is 0 Å². The molecule has 1 heterocycles. The molecule has 0 amide bonds. The molecule has 0 N–H and O–H groups in total. The third-order valence-electron chi connectivity index (χ3n) is 7.95. The molecule has 1 saturated heterocycles. The van der Waals surface area contributed by atoms with Gasteiger partial charge in [0.25, 0.3) is 0 Å². The van der Waals surface area contributed by atoms with E-state index in [1.165, 1.54) is 44.9 Å². The molecule has 3 aliphatic carbocycles. The van der Waals surface area contributed by atoms with Gasteiger partial charge in [-0.1, -0.05) is 61.4 Å². The summed E-state index contributed by atoms with van der Waals surface area (Å²) < 4.78 is 12.7. The van der Waals surface area contributed by atoms with Crippen molar-refractivity contribution in [3.8, 4) is 0 Å². The number of rotatable bonds is 3. The predicted octanol–water partition coefficient (Wildman–Crippen LogP) is 7.58. The Morgan fingerprint density at radius 3 is 2.17 bits per heavy atom. The molecule has 30 heavy (non-hydrogen) atoms. The van der Waals surface area contributed by atoms with E-state index in [2.05, 4.69) is 33.9 Å². The Morgan fingerprint density at radius 2 is 1.60 bits per heavy atom. The van der Waals surface area contributed by atoms with Crippen molar-refractivity contribution in [2.75, 3.05) is 7.11 Å². The number of hydrogen-bond donors (Lipinski definition) is 0. The molecule has 0 bridgehead atoms. The number of ether oxygens (including phenoxy) is 2. The van der Waals surface area contributed by atoms with E-state index in [4.69, 9.17) is 33.1 Å².